The number of hydrogen-bond acceptors (Lipinski definition) is 2. The first-order chi connectivity index (χ1) is 8.69. The van der Waals surface area contributed by atoms with Gasteiger partial charge in [-0.25, -0.2) is 0 Å². The molecule has 0 bridgehead atoms. The summed E-state index contributed by atoms with van der Waals surface area (Å²) in [5, 5.41) is 3.43. The van der Waals surface area contributed by atoms with Crippen molar-refractivity contribution in [3.05, 3.63) is 29.3 Å². The van der Waals surface area contributed by atoms with Crippen LogP contribution in [0.3, 0.4) is 0 Å². The molecular formula is C16H26N2. The van der Waals surface area contributed by atoms with Crippen LogP contribution in [0.5, 0.6) is 0 Å². The van der Waals surface area contributed by atoms with E-state index in [1.807, 2.05) is 0 Å². The van der Waals surface area contributed by atoms with Crippen LogP contribution in [0.25, 0.3) is 0 Å². The first-order valence-corrected chi connectivity index (χ1v) is 7.23. The van der Waals surface area contributed by atoms with E-state index in [-0.39, 0.29) is 0 Å². The van der Waals surface area contributed by atoms with Crippen molar-refractivity contribution in [3.8, 4) is 0 Å². The molecule has 1 aliphatic rings. The quantitative estimate of drug-likeness (QED) is 0.803. The van der Waals surface area contributed by atoms with E-state index in [0.717, 1.165) is 12.5 Å². The Bertz CT molecular complexity index is 366. The summed E-state index contributed by atoms with van der Waals surface area (Å²) in [5.41, 5.74) is 4.17. The summed E-state index contributed by atoms with van der Waals surface area (Å²) < 4.78 is 0. The predicted molar refractivity (Wildman–Crippen MR) is 79.4 cm³/mol. The third-order valence-corrected chi connectivity index (χ3v) is 3.84. The first kappa shape index (κ1) is 13.4. The second-order valence-electron chi connectivity index (χ2n) is 5.59. The second kappa shape index (κ2) is 6.24. The summed E-state index contributed by atoms with van der Waals surface area (Å²) in [5.74, 6) is 0.866. The molecule has 1 N–H and O–H groups in total. The van der Waals surface area contributed by atoms with Gasteiger partial charge in [-0.2, -0.15) is 0 Å². The largest absolute Gasteiger partial charge is 0.371 e. The van der Waals surface area contributed by atoms with Crippen molar-refractivity contribution in [2.75, 3.05) is 31.1 Å². The van der Waals surface area contributed by atoms with Gasteiger partial charge in [-0.05, 0) is 69.0 Å². The number of aryl methyl sites for hydroxylation is 2. The van der Waals surface area contributed by atoms with Gasteiger partial charge in [-0.1, -0.05) is 13.0 Å². The van der Waals surface area contributed by atoms with Gasteiger partial charge in [0.2, 0.25) is 0 Å². The van der Waals surface area contributed by atoms with E-state index in [1.165, 1.54) is 49.3 Å². The van der Waals surface area contributed by atoms with Gasteiger partial charge in [0, 0.05) is 18.8 Å². The van der Waals surface area contributed by atoms with Crippen molar-refractivity contribution in [2.24, 2.45) is 5.92 Å². The molecule has 2 nitrogen and oxygen atoms in total. The summed E-state index contributed by atoms with van der Waals surface area (Å²) in [4.78, 5) is 2.55. The van der Waals surface area contributed by atoms with E-state index in [2.05, 4.69) is 49.2 Å². The van der Waals surface area contributed by atoms with Gasteiger partial charge < -0.3 is 10.2 Å². The van der Waals surface area contributed by atoms with Crippen molar-refractivity contribution < 1.29 is 0 Å². The van der Waals surface area contributed by atoms with Gasteiger partial charge in [0.1, 0.15) is 0 Å². The van der Waals surface area contributed by atoms with Crippen molar-refractivity contribution in [1.82, 2.24) is 5.32 Å². The maximum absolute atomic E-state index is 3.43. The molecule has 0 spiro atoms. The molecular weight excluding hydrogens is 220 g/mol. The summed E-state index contributed by atoms with van der Waals surface area (Å²) in [7, 11) is 0. The summed E-state index contributed by atoms with van der Waals surface area (Å²) in [6.45, 7) is 11.3. The maximum atomic E-state index is 3.43. The van der Waals surface area contributed by atoms with E-state index in [4.69, 9.17) is 0 Å². The third-order valence-electron chi connectivity index (χ3n) is 3.84. The Labute approximate surface area is 111 Å². The van der Waals surface area contributed by atoms with E-state index in [9.17, 15) is 0 Å². The van der Waals surface area contributed by atoms with Crippen molar-refractivity contribution in [3.63, 3.8) is 0 Å². The standard InChI is InChI=1S/C16H26N2/c1-4-17-7-5-15-6-8-18(12-15)16-10-13(2)9-14(3)11-16/h9-11,15,17H,4-8,12H2,1-3H3. The lowest BCUT2D eigenvalue weighted by atomic mass is 10.1. The number of rotatable bonds is 5. The number of anilines is 1. The molecule has 100 valence electrons. The molecule has 2 heteroatoms. The molecule has 1 aliphatic heterocycles. The average Bonchev–Trinajstić information content (AvgIpc) is 2.77. The molecule has 0 radical (unpaired) electrons. The fourth-order valence-corrected chi connectivity index (χ4v) is 2.92. The molecule has 1 heterocycles. The first-order valence-electron chi connectivity index (χ1n) is 7.23. The minimum atomic E-state index is 0.866. The molecule has 1 atom stereocenters. The van der Waals surface area contributed by atoms with E-state index < -0.39 is 0 Å². The lowest BCUT2D eigenvalue weighted by molar-refractivity contribution is 0.510. The Morgan fingerprint density at radius 3 is 2.61 bits per heavy atom. The Morgan fingerprint density at radius 1 is 1.22 bits per heavy atom. The summed E-state index contributed by atoms with van der Waals surface area (Å²) in [6.07, 6.45) is 2.66. The molecule has 1 aromatic carbocycles. The highest BCUT2D eigenvalue weighted by Gasteiger charge is 2.22. The van der Waals surface area contributed by atoms with E-state index in [0.29, 0.717) is 0 Å². The van der Waals surface area contributed by atoms with Crippen molar-refractivity contribution >= 4 is 5.69 Å². The number of benzene rings is 1. The topological polar surface area (TPSA) is 15.3 Å². The smallest absolute Gasteiger partial charge is 0.0371 e. The number of nitrogens with zero attached hydrogens (tertiary/aromatic N) is 1. The molecule has 1 saturated heterocycles. The summed E-state index contributed by atoms with van der Waals surface area (Å²) in [6, 6.07) is 6.89. The maximum Gasteiger partial charge on any atom is 0.0371 e. The molecule has 18 heavy (non-hydrogen) atoms. The monoisotopic (exact) mass is 246 g/mol. The Hall–Kier alpha value is -1.02. The zero-order chi connectivity index (χ0) is 13.0. The van der Waals surface area contributed by atoms with Gasteiger partial charge >= 0.3 is 0 Å². The average molecular weight is 246 g/mol. The number of nitrogens with one attached hydrogen (secondary N) is 1. The van der Waals surface area contributed by atoms with Gasteiger partial charge in [0.15, 0.2) is 0 Å². The third kappa shape index (κ3) is 3.49. The molecule has 1 aromatic rings. The van der Waals surface area contributed by atoms with Crippen LogP contribution in [0.15, 0.2) is 18.2 Å². The normalized spacial score (nSPS) is 19.5. The van der Waals surface area contributed by atoms with E-state index >= 15 is 0 Å². The Kier molecular flexibility index (Phi) is 4.65. The zero-order valence-electron chi connectivity index (χ0n) is 12.0. The van der Waals surface area contributed by atoms with Crippen LogP contribution in [0.1, 0.15) is 30.9 Å². The highest BCUT2D eigenvalue weighted by molar-refractivity contribution is 5.51. The van der Waals surface area contributed by atoms with Crippen molar-refractivity contribution in [2.45, 2.75) is 33.6 Å². The lowest BCUT2D eigenvalue weighted by Gasteiger charge is -2.20. The van der Waals surface area contributed by atoms with Gasteiger partial charge in [0.05, 0.1) is 0 Å². The fourth-order valence-electron chi connectivity index (χ4n) is 2.92. The summed E-state index contributed by atoms with van der Waals surface area (Å²) >= 11 is 0. The molecule has 0 aliphatic carbocycles. The van der Waals surface area contributed by atoms with Crippen LogP contribution >= 0.6 is 0 Å². The van der Waals surface area contributed by atoms with Crippen LogP contribution in [-0.2, 0) is 0 Å². The minimum absolute atomic E-state index is 0.866. The highest BCUT2D eigenvalue weighted by Crippen LogP contribution is 2.27. The SMILES string of the molecule is CCNCCC1CCN(c2cc(C)cc(C)c2)C1. The molecule has 0 saturated carbocycles. The van der Waals surface area contributed by atoms with Crippen LogP contribution in [0.4, 0.5) is 5.69 Å². The van der Waals surface area contributed by atoms with Crippen LogP contribution in [0.2, 0.25) is 0 Å². The predicted octanol–water partition coefficient (Wildman–Crippen LogP) is 3.13. The Morgan fingerprint density at radius 2 is 1.94 bits per heavy atom. The zero-order valence-corrected chi connectivity index (χ0v) is 12.0. The highest BCUT2D eigenvalue weighted by atomic mass is 15.1. The van der Waals surface area contributed by atoms with Gasteiger partial charge in [-0.15, -0.1) is 0 Å². The number of hydrogen-bond donors (Lipinski definition) is 1. The molecule has 1 fully saturated rings. The Balaban J connectivity index is 1.91. The fraction of sp³-hybridized carbons (Fsp3) is 0.625. The van der Waals surface area contributed by atoms with Crippen LogP contribution < -0.4 is 10.2 Å². The van der Waals surface area contributed by atoms with Crippen LogP contribution in [0, 0.1) is 19.8 Å². The van der Waals surface area contributed by atoms with Crippen LogP contribution in [-0.4, -0.2) is 26.2 Å². The van der Waals surface area contributed by atoms with Gasteiger partial charge in [0.25, 0.3) is 0 Å². The van der Waals surface area contributed by atoms with E-state index in [1.54, 1.807) is 0 Å². The molecule has 2 rings (SSSR count). The molecule has 0 aromatic heterocycles. The minimum Gasteiger partial charge on any atom is -0.371 e. The van der Waals surface area contributed by atoms with Gasteiger partial charge in [-0.3, -0.25) is 0 Å². The second-order valence-corrected chi connectivity index (χ2v) is 5.59. The van der Waals surface area contributed by atoms with Crippen molar-refractivity contribution in [1.29, 1.82) is 0 Å². The molecule has 0 amide bonds. The molecule has 1 unspecified atom stereocenters. The lowest BCUT2D eigenvalue weighted by Crippen LogP contribution is -2.22.